The molecule has 0 radical (unpaired) electrons. The fourth-order valence-corrected chi connectivity index (χ4v) is 5.36. The van der Waals surface area contributed by atoms with Gasteiger partial charge in [0.15, 0.2) is 15.6 Å². The predicted octanol–water partition coefficient (Wildman–Crippen LogP) is 5.45. The molecule has 0 fully saturated rings. The molecule has 206 valence electrons. The molecule has 1 aromatic heterocycles. The Morgan fingerprint density at radius 1 is 1.11 bits per heavy atom. The molecule has 2 aromatic carbocycles. The number of nitrogens with zero attached hydrogens (tertiary/aromatic N) is 1. The van der Waals surface area contributed by atoms with Crippen LogP contribution < -0.4 is 15.4 Å². The Morgan fingerprint density at radius 2 is 1.84 bits per heavy atom. The smallest absolute Gasteiger partial charge is 0.393 e. The van der Waals surface area contributed by atoms with Crippen LogP contribution in [-0.4, -0.2) is 66.1 Å². The van der Waals surface area contributed by atoms with Gasteiger partial charge in [-0.25, -0.2) is 8.42 Å². The Labute approximate surface area is 221 Å². The summed E-state index contributed by atoms with van der Waals surface area (Å²) in [5.74, 6) is 5.12. The van der Waals surface area contributed by atoms with Gasteiger partial charge in [0, 0.05) is 25.4 Å². The summed E-state index contributed by atoms with van der Waals surface area (Å²) in [5, 5.41) is 6.48. The van der Waals surface area contributed by atoms with Crippen molar-refractivity contribution in [3.8, 4) is 17.6 Å². The van der Waals surface area contributed by atoms with E-state index in [9.17, 15) is 30.4 Å². The molecule has 0 saturated heterocycles. The van der Waals surface area contributed by atoms with Crippen molar-refractivity contribution in [2.24, 2.45) is 0 Å². The van der Waals surface area contributed by atoms with E-state index in [4.69, 9.17) is 0 Å². The molecule has 1 heterocycles. The maximum Gasteiger partial charge on any atom is 0.393 e. The molecule has 0 aliphatic rings. The van der Waals surface area contributed by atoms with Gasteiger partial charge in [-0.2, -0.15) is 22.0 Å². The molecule has 6 nitrogen and oxygen atoms in total. The molecule has 3 aromatic rings. The van der Waals surface area contributed by atoms with E-state index in [-0.39, 0.29) is 27.6 Å². The predicted molar refractivity (Wildman–Crippen MR) is 140 cm³/mol. The highest BCUT2D eigenvalue weighted by Gasteiger charge is 2.31. The zero-order chi connectivity index (χ0) is 28.1. The molecular weight excluding hydrogens is 549 g/mol. The van der Waals surface area contributed by atoms with E-state index in [0.717, 1.165) is 30.2 Å². The zero-order valence-corrected chi connectivity index (χ0v) is 22.4. The topological polar surface area (TPSA) is 70.7 Å². The monoisotopic (exact) mass is 575 g/mol. The van der Waals surface area contributed by atoms with Crippen molar-refractivity contribution in [2.45, 2.75) is 24.1 Å². The van der Waals surface area contributed by atoms with E-state index in [1.54, 1.807) is 18.2 Å². The van der Waals surface area contributed by atoms with Crippen molar-refractivity contribution in [1.29, 1.82) is 0 Å². The number of rotatable bonds is 10. The van der Waals surface area contributed by atoms with E-state index >= 15 is 0 Å². The minimum Gasteiger partial charge on any atom is -0.433 e. The Morgan fingerprint density at radius 3 is 2.47 bits per heavy atom. The van der Waals surface area contributed by atoms with Crippen molar-refractivity contribution in [2.75, 3.05) is 50.6 Å². The highest BCUT2D eigenvalue weighted by Crippen LogP contribution is 2.39. The summed E-state index contributed by atoms with van der Waals surface area (Å²) < 4.78 is 94.5. The van der Waals surface area contributed by atoms with Gasteiger partial charge < -0.3 is 20.3 Å². The standard InChI is InChI=1S/C25H26F5N3O3S2/c1-33(2)13-12-32-20-7-4-6-17-18(15-25(28,29)30)22(37-23(17)20)8-5-11-31-19-10-9-16(38(3,34)35)14-21(19)36-24(26)27/h4,6-7,9-10,14,24,31-32H,11-13,15H2,1-3H3. The van der Waals surface area contributed by atoms with Crippen molar-refractivity contribution in [1.82, 2.24) is 4.90 Å². The van der Waals surface area contributed by atoms with Gasteiger partial charge in [-0.15, -0.1) is 11.3 Å². The lowest BCUT2D eigenvalue weighted by atomic mass is 10.1. The van der Waals surface area contributed by atoms with E-state index in [1.165, 1.54) is 12.1 Å². The number of alkyl halides is 5. The summed E-state index contributed by atoms with van der Waals surface area (Å²) >= 11 is 1.14. The minimum atomic E-state index is -4.44. The van der Waals surface area contributed by atoms with Crippen LogP contribution in [0, 0.1) is 11.8 Å². The molecule has 0 saturated carbocycles. The number of sulfone groups is 1. The fraction of sp³-hybridized carbons (Fsp3) is 0.360. The van der Waals surface area contributed by atoms with E-state index in [0.29, 0.717) is 22.3 Å². The molecule has 3 rings (SSSR count). The van der Waals surface area contributed by atoms with E-state index in [1.807, 2.05) is 19.0 Å². The molecule has 0 spiro atoms. The van der Waals surface area contributed by atoms with Crippen LogP contribution in [0.5, 0.6) is 5.75 Å². The van der Waals surface area contributed by atoms with Crippen molar-refractivity contribution in [3.63, 3.8) is 0 Å². The number of nitrogens with one attached hydrogen (secondary N) is 2. The number of ether oxygens (including phenoxy) is 1. The fourth-order valence-electron chi connectivity index (χ4n) is 3.54. The highest BCUT2D eigenvalue weighted by atomic mass is 32.2. The van der Waals surface area contributed by atoms with Crippen LogP contribution in [-0.2, 0) is 16.3 Å². The first kappa shape index (κ1) is 29.5. The molecule has 13 heteroatoms. The number of hydrogen-bond acceptors (Lipinski definition) is 7. The first-order valence-corrected chi connectivity index (χ1v) is 14.0. The Balaban J connectivity index is 1.89. The highest BCUT2D eigenvalue weighted by molar-refractivity contribution is 7.90. The van der Waals surface area contributed by atoms with Gasteiger partial charge >= 0.3 is 12.8 Å². The Kier molecular flexibility index (Phi) is 9.45. The average Bonchev–Trinajstić information content (AvgIpc) is 3.13. The van der Waals surface area contributed by atoms with Crippen molar-refractivity contribution in [3.05, 3.63) is 46.8 Å². The molecule has 0 aliphatic carbocycles. The second kappa shape index (κ2) is 12.2. The van der Waals surface area contributed by atoms with Crippen LogP contribution in [0.15, 0.2) is 41.3 Å². The molecule has 0 unspecified atom stereocenters. The Hall–Kier alpha value is -3.08. The molecule has 38 heavy (non-hydrogen) atoms. The third-order valence-corrected chi connectivity index (χ3v) is 7.54. The van der Waals surface area contributed by atoms with Gasteiger partial charge in [0.2, 0.25) is 0 Å². The number of thiophene rings is 1. The van der Waals surface area contributed by atoms with Crippen LogP contribution >= 0.6 is 11.3 Å². The summed E-state index contributed by atoms with van der Waals surface area (Å²) in [6.07, 6.45) is -4.66. The normalized spacial score (nSPS) is 12.1. The Bertz CT molecular complexity index is 1440. The second-order valence-corrected chi connectivity index (χ2v) is 11.6. The van der Waals surface area contributed by atoms with E-state index < -0.39 is 34.8 Å². The molecule has 0 atom stereocenters. The van der Waals surface area contributed by atoms with Crippen LogP contribution in [0.25, 0.3) is 10.1 Å². The summed E-state index contributed by atoms with van der Waals surface area (Å²) in [4.78, 5) is 2.02. The lowest BCUT2D eigenvalue weighted by Crippen LogP contribution is -2.20. The van der Waals surface area contributed by atoms with Gasteiger partial charge in [-0.05, 0) is 43.2 Å². The zero-order valence-electron chi connectivity index (χ0n) is 20.7. The SMILES string of the molecule is CN(C)CCNc1cccc2c(CC(F)(F)F)c(C#CCNc3ccc(S(C)(=O)=O)cc3OC(F)F)sc12. The molecule has 0 bridgehead atoms. The van der Waals surface area contributed by atoms with Crippen LogP contribution in [0.2, 0.25) is 0 Å². The number of benzene rings is 2. The first-order chi connectivity index (χ1) is 17.7. The third-order valence-electron chi connectivity index (χ3n) is 5.24. The van der Waals surface area contributed by atoms with Crippen molar-refractivity contribution < 1.29 is 35.1 Å². The quantitative estimate of drug-likeness (QED) is 0.248. The summed E-state index contributed by atoms with van der Waals surface area (Å²) in [5.41, 5.74) is 0.843. The van der Waals surface area contributed by atoms with Crippen LogP contribution in [0.1, 0.15) is 10.4 Å². The first-order valence-electron chi connectivity index (χ1n) is 11.3. The average molecular weight is 576 g/mol. The lowest BCUT2D eigenvalue weighted by molar-refractivity contribution is -0.126. The van der Waals surface area contributed by atoms with Gasteiger partial charge in [-0.1, -0.05) is 24.0 Å². The van der Waals surface area contributed by atoms with Gasteiger partial charge in [0.1, 0.15) is 0 Å². The third kappa shape index (κ3) is 8.21. The minimum absolute atomic E-state index is 0.0613. The van der Waals surface area contributed by atoms with Gasteiger partial charge in [0.05, 0.1) is 38.8 Å². The number of halogens is 5. The molecular formula is C25H26F5N3O3S2. The summed E-state index contributed by atoms with van der Waals surface area (Å²) in [6, 6.07) is 8.57. The number of likely N-dealkylation sites (N-methyl/N-ethyl adjacent to an activating group) is 1. The number of hydrogen-bond donors (Lipinski definition) is 2. The maximum atomic E-state index is 13.4. The summed E-state index contributed by atoms with van der Waals surface area (Å²) in [7, 11) is 0.167. The van der Waals surface area contributed by atoms with Crippen LogP contribution in [0.3, 0.4) is 0 Å². The van der Waals surface area contributed by atoms with Gasteiger partial charge in [0.25, 0.3) is 0 Å². The number of anilines is 2. The summed E-state index contributed by atoms with van der Waals surface area (Å²) in [6.45, 7) is -1.98. The van der Waals surface area contributed by atoms with E-state index in [2.05, 4.69) is 27.2 Å². The lowest BCUT2D eigenvalue weighted by Gasteiger charge is -2.12. The molecule has 0 aliphatic heterocycles. The molecule has 0 amide bonds. The van der Waals surface area contributed by atoms with Crippen molar-refractivity contribution >= 4 is 42.6 Å². The molecule has 2 N–H and O–H groups in total. The second-order valence-electron chi connectivity index (χ2n) is 8.58. The van der Waals surface area contributed by atoms with Crippen LogP contribution in [0.4, 0.5) is 33.3 Å². The largest absolute Gasteiger partial charge is 0.433 e. The number of fused-ring (bicyclic) bond motifs is 1. The van der Waals surface area contributed by atoms with Gasteiger partial charge in [-0.3, -0.25) is 0 Å². The maximum absolute atomic E-state index is 13.4.